The van der Waals surface area contributed by atoms with E-state index in [-0.39, 0.29) is 11.7 Å². The van der Waals surface area contributed by atoms with Gasteiger partial charge in [0.2, 0.25) is 0 Å². The summed E-state index contributed by atoms with van der Waals surface area (Å²) in [6, 6.07) is 0. The van der Waals surface area contributed by atoms with E-state index in [1.54, 1.807) is 7.11 Å². The number of allylic oxidation sites excluding steroid dienone is 2. The minimum Gasteiger partial charge on any atom is -0.362 e. The molecule has 2 nitrogen and oxygen atoms in total. The first-order chi connectivity index (χ1) is 7.04. The molecular weight excluding hydrogens is 188 g/mol. The zero-order valence-electron chi connectivity index (χ0n) is 9.89. The van der Waals surface area contributed by atoms with Gasteiger partial charge in [-0.3, -0.25) is 4.79 Å². The van der Waals surface area contributed by atoms with Crippen LogP contribution in [0.4, 0.5) is 0 Å². The second-order valence-electron chi connectivity index (χ2n) is 4.66. The third kappa shape index (κ3) is 1.31. The third-order valence-electron chi connectivity index (χ3n) is 3.71. The van der Waals surface area contributed by atoms with Crippen molar-refractivity contribution >= 4 is 5.78 Å². The first-order valence-corrected chi connectivity index (χ1v) is 5.50. The molecule has 0 bridgehead atoms. The number of hydrogen-bond acceptors (Lipinski definition) is 2. The van der Waals surface area contributed by atoms with Gasteiger partial charge in [-0.15, -0.1) is 0 Å². The maximum Gasteiger partial charge on any atom is 0.176 e. The predicted molar refractivity (Wildman–Crippen MR) is 59.6 cm³/mol. The fraction of sp³-hybridized carbons (Fsp3) is 0.615. The molecule has 0 saturated heterocycles. The molecule has 0 radical (unpaired) electrons. The number of ether oxygens (including phenoxy) is 1. The summed E-state index contributed by atoms with van der Waals surface area (Å²) in [7, 11) is 1.64. The summed E-state index contributed by atoms with van der Waals surface area (Å²) in [5, 5.41) is 0. The molecule has 1 unspecified atom stereocenters. The van der Waals surface area contributed by atoms with Gasteiger partial charge in [0.25, 0.3) is 0 Å². The van der Waals surface area contributed by atoms with E-state index in [0.29, 0.717) is 0 Å². The Bertz CT molecular complexity index is 372. The van der Waals surface area contributed by atoms with E-state index in [2.05, 4.69) is 6.08 Å². The quantitative estimate of drug-likeness (QED) is 0.709. The van der Waals surface area contributed by atoms with Crippen LogP contribution in [-0.4, -0.2) is 18.5 Å². The van der Waals surface area contributed by atoms with Crippen molar-refractivity contribution in [3.05, 3.63) is 22.8 Å². The summed E-state index contributed by atoms with van der Waals surface area (Å²) in [4.78, 5) is 12.3. The molecule has 0 aromatic heterocycles. The normalized spacial score (nSPS) is 30.8. The van der Waals surface area contributed by atoms with Gasteiger partial charge in [0.15, 0.2) is 11.4 Å². The second kappa shape index (κ2) is 3.31. The maximum absolute atomic E-state index is 12.3. The average Bonchev–Trinajstić information content (AvgIpc) is 2.98. The summed E-state index contributed by atoms with van der Waals surface area (Å²) in [6.45, 7) is 6.04. The van der Waals surface area contributed by atoms with Crippen LogP contribution in [0.2, 0.25) is 0 Å². The lowest BCUT2D eigenvalue weighted by Gasteiger charge is -2.30. The number of hydrogen-bond donors (Lipinski definition) is 0. The van der Waals surface area contributed by atoms with Crippen LogP contribution in [0.5, 0.6) is 0 Å². The third-order valence-corrected chi connectivity index (χ3v) is 3.71. The smallest absolute Gasteiger partial charge is 0.176 e. The van der Waals surface area contributed by atoms with Gasteiger partial charge < -0.3 is 4.74 Å². The van der Waals surface area contributed by atoms with Crippen molar-refractivity contribution in [1.29, 1.82) is 0 Å². The van der Waals surface area contributed by atoms with Crippen molar-refractivity contribution in [2.45, 2.75) is 39.2 Å². The van der Waals surface area contributed by atoms with E-state index >= 15 is 0 Å². The Balaban J connectivity index is 2.44. The number of carbonyl (C=O) groups is 1. The standard InChI is InChI=1S/C13H18O2/c1-8-7-9(2)13(15-4,10(8)3)12(14)11-5-6-11/h7,11H,5-6H2,1-4H3. The van der Waals surface area contributed by atoms with Gasteiger partial charge in [-0.25, -0.2) is 0 Å². The Morgan fingerprint density at radius 1 is 1.40 bits per heavy atom. The van der Waals surface area contributed by atoms with Crippen molar-refractivity contribution in [2.75, 3.05) is 7.11 Å². The summed E-state index contributed by atoms with van der Waals surface area (Å²) in [6.07, 6.45) is 4.13. The van der Waals surface area contributed by atoms with Gasteiger partial charge in [0.1, 0.15) is 0 Å². The molecule has 1 fully saturated rings. The van der Waals surface area contributed by atoms with Crippen LogP contribution in [0.1, 0.15) is 33.6 Å². The Labute approximate surface area is 91.0 Å². The first kappa shape index (κ1) is 10.6. The molecule has 0 aromatic carbocycles. The van der Waals surface area contributed by atoms with E-state index in [9.17, 15) is 4.79 Å². The molecule has 2 heteroatoms. The zero-order chi connectivity index (χ0) is 11.2. The molecule has 2 aliphatic carbocycles. The number of carbonyl (C=O) groups excluding carboxylic acids is 1. The molecule has 0 amide bonds. The minimum absolute atomic E-state index is 0.231. The van der Waals surface area contributed by atoms with Gasteiger partial charge in [0.05, 0.1) is 0 Å². The van der Waals surface area contributed by atoms with Gasteiger partial charge in [-0.05, 0) is 50.3 Å². The van der Waals surface area contributed by atoms with Crippen molar-refractivity contribution in [3.8, 4) is 0 Å². The van der Waals surface area contributed by atoms with Crippen LogP contribution in [0, 0.1) is 5.92 Å². The van der Waals surface area contributed by atoms with Crippen molar-refractivity contribution in [2.24, 2.45) is 5.92 Å². The van der Waals surface area contributed by atoms with Gasteiger partial charge in [-0.1, -0.05) is 6.08 Å². The SMILES string of the molecule is COC1(C(=O)C2CC2)C(C)=CC(C)=C1C. The van der Waals surface area contributed by atoms with E-state index in [0.717, 1.165) is 24.0 Å². The monoisotopic (exact) mass is 206 g/mol. The topological polar surface area (TPSA) is 26.3 Å². The van der Waals surface area contributed by atoms with E-state index < -0.39 is 5.60 Å². The summed E-state index contributed by atoms with van der Waals surface area (Å²) in [5.41, 5.74) is 2.55. The van der Waals surface area contributed by atoms with Gasteiger partial charge >= 0.3 is 0 Å². The van der Waals surface area contributed by atoms with Crippen molar-refractivity contribution in [3.63, 3.8) is 0 Å². The van der Waals surface area contributed by atoms with Gasteiger partial charge in [0, 0.05) is 13.0 Å². The molecule has 1 atom stereocenters. The Morgan fingerprint density at radius 2 is 2.00 bits per heavy atom. The van der Waals surface area contributed by atoms with E-state index in [1.165, 1.54) is 5.57 Å². The Morgan fingerprint density at radius 3 is 2.33 bits per heavy atom. The molecule has 0 heterocycles. The largest absolute Gasteiger partial charge is 0.362 e. The number of ketones is 1. The molecule has 1 saturated carbocycles. The molecule has 82 valence electrons. The van der Waals surface area contributed by atoms with Crippen LogP contribution >= 0.6 is 0 Å². The number of rotatable bonds is 3. The van der Waals surface area contributed by atoms with Crippen molar-refractivity contribution in [1.82, 2.24) is 0 Å². The highest BCUT2D eigenvalue weighted by Gasteiger charge is 2.50. The molecule has 2 aliphatic rings. The van der Waals surface area contributed by atoms with Crippen molar-refractivity contribution < 1.29 is 9.53 Å². The number of methoxy groups -OCH3 is 1. The molecule has 15 heavy (non-hydrogen) atoms. The zero-order valence-corrected chi connectivity index (χ0v) is 9.89. The molecule has 2 rings (SSSR count). The fourth-order valence-corrected chi connectivity index (χ4v) is 2.53. The van der Waals surface area contributed by atoms with E-state index in [4.69, 9.17) is 4.74 Å². The summed E-state index contributed by atoms with van der Waals surface area (Å²) in [5.74, 6) is 0.488. The highest BCUT2D eigenvalue weighted by molar-refractivity contribution is 5.98. The average molecular weight is 206 g/mol. The molecular formula is C13H18O2. The maximum atomic E-state index is 12.3. The van der Waals surface area contributed by atoms with E-state index in [1.807, 2.05) is 20.8 Å². The Kier molecular flexibility index (Phi) is 2.34. The lowest BCUT2D eigenvalue weighted by molar-refractivity contribution is -0.134. The van der Waals surface area contributed by atoms with Crippen LogP contribution < -0.4 is 0 Å². The van der Waals surface area contributed by atoms with Crippen LogP contribution in [0.3, 0.4) is 0 Å². The highest BCUT2D eigenvalue weighted by Crippen LogP contribution is 2.45. The van der Waals surface area contributed by atoms with Crippen LogP contribution in [0.15, 0.2) is 22.8 Å². The molecule has 0 aliphatic heterocycles. The molecule has 0 N–H and O–H groups in total. The van der Waals surface area contributed by atoms with Gasteiger partial charge in [-0.2, -0.15) is 0 Å². The minimum atomic E-state index is -0.731. The van der Waals surface area contributed by atoms with Crippen LogP contribution in [0.25, 0.3) is 0 Å². The number of Topliss-reactive ketones (excluding diaryl/α,β-unsaturated/α-hetero) is 1. The first-order valence-electron chi connectivity index (χ1n) is 5.50. The Hall–Kier alpha value is -0.890. The predicted octanol–water partition coefficient (Wildman–Crippen LogP) is 2.65. The lowest BCUT2D eigenvalue weighted by atomic mass is 9.84. The fourth-order valence-electron chi connectivity index (χ4n) is 2.53. The molecule has 0 aromatic rings. The van der Waals surface area contributed by atoms with Crippen LogP contribution in [-0.2, 0) is 9.53 Å². The summed E-state index contributed by atoms with van der Waals surface area (Å²) >= 11 is 0. The highest BCUT2D eigenvalue weighted by atomic mass is 16.5. The lowest BCUT2D eigenvalue weighted by Crippen LogP contribution is -2.42. The molecule has 0 spiro atoms. The second-order valence-corrected chi connectivity index (χ2v) is 4.66. The summed E-state index contributed by atoms with van der Waals surface area (Å²) < 4.78 is 5.58.